The van der Waals surface area contributed by atoms with Gasteiger partial charge in [-0.1, -0.05) is 30.0 Å². The monoisotopic (exact) mass is 372 g/mol. The van der Waals surface area contributed by atoms with E-state index in [4.69, 9.17) is 9.15 Å². The molecule has 0 aliphatic heterocycles. The Kier molecular flexibility index (Phi) is 5.75. The van der Waals surface area contributed by atoms with Crippen LogP contribution in [-0.4, -0.2) is 23.0 Å². The molecule has 1 aromatic carbocycles. The van der Waals surface area contributed by atoms with Crippen LogP contribution >= 0.6 is 11.8 Å². The minimum atomic E-state index is -0.534. The largest absolute Gasteiger partial charge is 0.487 e. The van der Waals surface area contributed by atoms with Gasteiger partial charge in [-0.15, -0.1) is 0 Å². The van der Waals surface area contributed by atoms with Gasteiger partial charge < -0.3 is 18.9 Å². The lowest BCUT2D eigenvalue weighted by atomic mass is 10.3. The Morgan fingerprint density at radius 3 is 2.81 bits per heavy atom. The minimum absolute atomic E-state index is 0.134. The van der Waals surface area contributed by atoms with Crippen molar-refractivity contribution >= 4 is 17.7 Å². The Morgan fingerprint density at radius 2 is 2.04 bits per heavy atom. The molecule has 26 heavy (non-hydrogen) atoms. The van der Waals surface area contributed by atoms with Crippen molar-refractivity contribution in [3.05, 3.63) is 76.1 Å². The van der Waals surface area contributed by atoms with Gasteiger partial charge in [0.25, 0.3) is 5.56 Å². The highest BCUT2D eigenvalue weighted by atomic mass is 32.2. The predicted octanol–water partition coefficient (Wildman–Crippen LogP) is 3.02. The zero-order valence-electron chi connectivity index (χ0n) is 13.9. The van der Waals surface area contributed by atoms with E-state index in [0.717, 1.165) is 0 Å². The number of para-hydroxylation sites is 1. The van der Waals surface area contributed by atoms with Crippen molar-refractivity contribution in [1.29, 1.82) is 0 Å². The number of thioether (sulfide) groups is 1. The van der Waals surface area contributed by atoms with Crippen LogP contribution in [0.25, 0.3) is 0 Å². The highest BCUT2D eigenvalue weighted by Crippen LogP contribution is 2.21. The molecule has 134 valence electrons. The Bertz CT molecular complexity index is 936. The van der Waals surface area contributed by atoms with E-state index in [9.17, 15) is 9.59 Å². The Morgan fingerprint density at radius 1 is 1.23 bits per heavy atom. The number of aromatic amines is 1. The molecule has 0 spiro atoms. The number of nitrogens with one attached hydrogen (secondary N) is 1. The molecule has 3 aromatic rings. The van der Waals surface area contributed by atoms with Crippen LogP contribution < -0.4 is 10.3 Å². The molecule has 0 radical (unpaired) electrons. The molecule has 1 N–H and O–H groups in total. The van der Waals surface area contributed by atoms with Gasteiger partial charge in [-0.2, -0.15) is 0 Å². The molecule has 0 atom stereocenters. The number of furan rings is 1. The molecule has 0 saturated carbocycles. The average molecular weight is 372 g/mol. The van der Waals surface area contributed by atoms with E-state index in [1.54, 1.807) is 12.1 Å². The number of hydrogen-bond donors (Lipinski definition) is 1. The standard InChI is InChI=1S/C18H16N2O5S/c1-23-17(22)15-8-7-14(25-15)11-26-18-19-12(9-16(21)20-18)10-24-13-5-3-2-4-6-13/h2-9H,10-11H2,1H3,(H,19,20,21). The summed E-state index contributed by atoms with van der Waals surface area (Å²) in [5.41, 5.74) is 0.263. The molecule has 2 heterocycles. The third-order valence-corrected chi connectivity index (χ3v) is 4.20. The molecule has 7 nitrogen and oxygen atoms in total. The predicted molar refractivity (Wildman–Crippen MR) is 95.2 cm³/mol. The summed E-state index contributed by atoms with van der Waals surface area (Å²) in [6.07, 6.45) is 0. The normalized spacial score (nSPS) is 10.5. The zero-order valence-corrected chi connectivity index (χ0v) is 14.7. The molecular weight excluding hydrogens is 356 g/mol. The molecule has 0 aliphatic carbocycles. The van der Waals surface area contributed by atoms with Crippen molar-refractivity contribution in [2.75, 3.05) is 7.11 Å². The summed E-state index contributed by atoms with van der Waals surface area (Å²) < 4.78 is 15.6. The number of rotatable bonds is 7. The Hall–Kier alpha value is -3.00. The lowest BCUT2D eigenvalue weighted by molar-refractivity contribution is 0.0563. The third kappa shape index (κ3) is 4.76. The third-order valence-electron chi connectivity index (χ3n) is 3.30. The summed E-state index contributed by atoms with van der Waals surface area (Å²) in [5, 5.41) is 0.445. The number of carbonyl (C=O) groups is 1. The van der Waals surface area contributed by atoms with Crippen LogP contribution in [0.1, 0.15) is 22.0 Å². The molecule has 0 bridgehead atoms. The summed E-state index contributed by atoms with van der Waals surface area (Å²) >= 11 is 1.29. The molecule has 0 amide bonds. The van der Waals surface area contributed by atoms with Crippen molar-refractivity contribution in [3.63, 3.8) is 0 Å². The second-order valence-corrected chi connectivity index (χ2v) is 6.15. The van der Waals surface area contributed by atoms with E-state index in [2.05, 4.69) is 14.7 Å². The maximum atomic E-state index is 11.8. The van der Waals surface area contributed by atoms with E-state index < -0.39 is 5.97 Å². The number of aromatic nitrogens is 2. The number of carbonyl (C=O) groups excluding carboxylic acids is 1. The first kappa shape index (κ1) is 17.8. The van der Waals surface area contributed by atoms with E-state index in [1.165, 1.54) is 24.9 Å². The minimum Gasteiger partial charge on any atom is -0.487 e. The molecular formula is C18H16N2O5S. The highest BCUT2D eigenvalue weighted by Gasteiger charge is 2.12. The Balaban J connectivity index is 1.63. The first-order chi connectivity index (χ1) is 12.6. The summed E-state index contributed by atoms with van der Waals surface area (Å²) in [4.78, 5) is 30.2. The van der Waals surface area contributed by atoms with Gasteiger partial charge >= 0.3 is 5.97 Å². The number of hydrogen-bond acceptors (Lipinski definition) is 7. The van der Waals surface area contributed by atoms with E-state index >= 15 is 0 Å². The number of nitrogens with zero attached hydrogens (tertiary/aromatic N) is 1. The van der Waals surface area contributed by atoms with Crippen molar-refractivity contribution < 1.29 is 18.7 Å². The smallest absolute Gasteiger partial charge is 0.373 e. The molecule has 0 aliphatic rings. The van der Waals surface area contributed by atoms with Crippen molar-refractivity contribution in [2.45, 2.75) is 17.5 Å². The maximum Gasteiger partial charge on any atom is 0.373 e. The lowest BCUT2D eigenvalue weighted by Gasteiger charge is -2.06. The summed E-state index contributed by atoms with van der Waals surface area (Å²) in [5.74, 6) is 1.28. The van der Waals surface area contributed by atoms with Crippen LogP contribution in [0.4, 0.5) is 0 Å². The first-order valence-electron chi connectivity index (χ1n) is 7.72. The van der Waals surface area contributed by atoms with Gasteiger partial charge in [0.1, 0.15) is 18.1 Å². The van der Waals surface area contributed by atoms with Gasteiger partial charge in [0.05, 0.1) is 18.6 Å². The van der Waals surface area contributed by atoms with Gasteiger partial charge in [-0.25, -0.2) is 9.78 Å². The van der Waals surface area contributed by atoms with Crippen LogP contribution in [0, 0.1) is 0 Å². The highest BCUT2D eigenvalue weighted by molar-refractivity contribution is 7.98. The van der Waals surface area contributed by atoms with Gasteiger partial charge in [-0.05, 0) is 24.3 Å². The van der Waals surface area contributed by atoms with Gasteiger partial charge in [0.15, 0.2) is 5.16 Å². The molecule has 0 unspecified atom stereocenters. The summed E-state index contributed by atoms with van der Waals surface area (Å²) in [6, 6.07) is 13.9. The van der Waals surface area contributed by atoms with Crippen LogP contribution in [0.3, 0.4) is 0 Å². The molecule has 8 heteroatoms. The van der Waals surface area contributed by atoms with E-state index in [-0.39, 0.29) is 17.9 Å². The summed E-state index contributed by atoms with van der Waals surface area (Å²) in [7, 11) is 1.29. The average Bonchev–Trinajstić information content (AvgIpc) is 3.14. The van der Waals surface area contributed by atoms with Crippen molar-refractivity contribution in [3.8, 4) is 5.75 Å². The fraction of sp³-hybridized carbons (Fsp3) is 0.167. The number of benzene rings is 1. The van der Waals surface area contributed by atoms with Gasteiger partial charge in [-0.3, -0.25) is 4.79 Å². The molecule has 0 fully saturated rings. The van der Waals surface area contributed by atoms with E-state index in [0.29, 0.717) is 28.1 Å². The van der Waals surface area contributed by atoms with Crippen LogP contribution in [-0.2, 0) is 17.1 Å². The quantitative estimate of drug-likeness (QED) is 0.387. The van der Waals surface area contributed by atoms with Crippen LogP contribution in [0.2, 0.25) is 0 Å². The maximum absolute atomic E-state index is 11.8. The van der Waals surface area contributed by atoms with Crippen molar-refractivity contribution in [2.24, 2.45) is 0 Å². The first-order valence-corrected chi connectivity index (χ1v) is 8.70. The number of methoxy groups -OCH3 is 1. The zero-order chi connectivity index (χ0) is 18.4. The summed E-state index contributed by atoms with van der Waals surface area (Å²) in [6.45, 7) is 0.189. The second-order valence-electron chi connectivity index (χ2n) is 5.19. The number of ether oxygens (including phenoxy) is 2. The van der Waals surface area contributed by atoms with E-state index in [1.807, 2.05) is 30.3 Å². The topological polar surface area (TPSA) is 94.4 Å². The molecule has 0 saturated heterocycles. The van der Waals surface area contributed by atoms with Crippen molar-refractivity contribution in [1.82, 2.24) is 9.97 Å². The second kappa shape index (κ2) is 8.39. The fourth-order valence-electron chi connectivity index (χ4n) is 2.11. The molecule has 3 rings (SSSR count). The number of esters is 1. The van der Waals surface area contributed by atoms with Crippen LogP contribution in [0.15, 0.2) is 62.9 Å². The lowest BCUT2D eigenvalue weighted by Crippen LogP contribution is -2.11. The molecule has 2 aromatic heterocycles. The SMILES string of the molecule is COC(=O)c1ccc(CSc2nc(COc3ccccc3)cc(=O)[nH]2)o1. The fourth-order valence-corrected chi connectivity index (χ4v) is 2.89. The number of H-pyrrole nitrogens is 1. The van der Waals surface area contributed by atoms with Gasteiger partial charge in [0, 0.05) is 6.07 Å². The Labute approximate surface area is 153 Å². The van der Waals surface area contributed by atoms with Gasteiger partial charge in [0.2, 0.25) is 5.76 Å². The van der Waals surface area contributed by atoms with Crippen LogP contribution in [0.5, 0.6) is 5.75 Å².